The second kappa shape index (κ2) is 9.18. The van der Waals surface area contributed by atoms with Crippen LogP contribution in [0.2, 0.25) is 5.02 Å². The van der Waals surface area contributed by atoms with E-state index in [0.29, 0.717) is 26.3 Å². The molecule has 28 heavy (non-hydrogen) atoms. The van der Waals surface area contributed by atoms with Crippen molar-refractivity contribution in [2.75, 3.05) is 38.3 Å². The fourth-order valence-corrected chi connectivity index (χ4v) is 3.61. The van der Waals surface area contributed by atoms with Crippen LogP contribution >= 0.6 is 22.9 Å². The highest BCUT2D eigenvalue weighted by molar-refractivity contribution is 7.13. The molecular formula is C17H19ClFN5O3S. The van der Waals surface area contributed by atoms with Gasteiger partial charge in [-0.1, -0.05) is 17.7 Å². The van der Waals surface area contributed by atoms with Crippen LogP contribution in [-0.2, 0) is 11.3 Å². The largest absolute Gasteiger partial charge is 0.378 e. The summed E-state index contributed by atoms with van der Waals surface area (Å²) in [5.41, 5.74) is 4.98. The van der Waals surface area contributed by atoms with Crippen LogP contribution in [0.5, 0.6) is 0 Å². The molecule has 0 unspecified atom stereocenters. The quantitative estimate of drug-likeness (QED) is 0.731. The number of nitrogens with zero attached hydrogens (tertiary/aromatic N) is 3. The molecule has 3 amide bonds. The van der Waals surface area contributed by atoms with Crippen LogP contribution < -0.4 is 15.8 Å². The van der Waals surface area contributed by atoms with E-state index in [2.05, 4.69) is 15.8 Å². The fraction of sp³-hybridized carbons (Fsp3) is 0.353. The van der Waals surface area contributed by atoms with Crippen molar-refractivity contribution in [2.45, 2.75) is 6.54 Å². The Bertz CT molecular complexity index is 839. The number of rotatable bonds is 4. The van der Waals surface area contributed by atoms with Gasteiger partial charge in [0.1, 0.15) is 11.5 Å². The molecule has 1 aromatic carbocycles. The Morgan fingerprint density at radius 1 is 1.36 bits per heavy atom. The smallest absolute Gasteiger partial charge is 0.336 e. The van der Waals surface area contributed by atoms with Gasteiger partial charge in [0, 0.05) is 36.1 Å². The molecule has 0 spiro atoms. The number of nitrogens with one attached hydrogen (secondary N) is 2. The molecule has 150 valence electrons. The van der Waals surface area contributed by atoms with E-state index in [0.717, 1.165) is 5.13 Å². The number of hydrogen-bond acceptors (Lipinski definition) is 6. The predicted octanol–water partition coefficient (Wildman–Crippen LogP) is 2.26. The second-order valence-electron chi connectivity index (χ2n) is 6.06. The maximum absolute atomic E-state index is 13.8. The zero-order chi connectivity index (χ0) is 20.1. The maximum Gasteiger partial charge on any atom is 0.336 e. The summed E-state index contributed by atoms with van der Waals surface area (Å²) in [5, 5.41) is 2.57. The molecule has 11 heteroatoms. The third kappa shape index (κ3) is 4.89. The van der Waals surface area contributed by atoms with Gasteiger partial charge in [-0.3, -0.25) is 10.2 Å². The summed E-state index contributed by atoms with van der Waals surface area (Å²) in [7, 11) is 1.46. The van der Waals surface area contributed by atoms with E-state index in [1.165, 1.54) is 35.4 Å². The monoisotopic (exact) mass is 427 g/mol. The van der Waals surface area contributed by atoms with Crippen LogP contribution in [0.25, 0.3) is 0 Å². The first-order chi connectivity index (χ1) is 13.5. The van der Waals surface area contributed by atoms with Gasteiger partial charge in [-0.25, -0.2) is 19.6 Å². The number of ether oxygens (including phenoxy) is 1. The van der Waals surface area contributed by atoms with Gasteiger partial charge in [-0.2, -0.15) is 0 Å². The summed E-state index contributed by atoms with van der Waals surface area (Å²) in [6.45, 7) is 2.62. The molecule has 0 bridgehead atoms. The number of anilines is 1. The van der Waals surface area contributed by atoms with E-state index in [4.69, 9.17) is 16.3 Å². The zero-order valence-electron chi connectivity index (χ0n) is 15.1. The number of benzene rings is 1. The van der Waals surface area contributed by atoms with Gasteiger partial charge < -0.3 is 14.5 Å². The van der Waals surface area contributed by atoms with Crippen LogP contribution in [-0.4, -0.2) is 55.2 Å². The highest BCUT2D eigenvalue weighted by Gasteiger charge is 2.19. The van der Waals surface area contributed by atoms with Gasteiger partial charge >= 0.3 is 6.03 Å². The average Bonchev–Trinajstić information content (AvgIpc) is 3.19. The third-order valence-electron chi connectivity index (χ3n) is 4.09. The number of morpholine rings is 1. The number of carbonyl (C=O) groups is 2. The molecule has 0 radical (unpaired) electrons. The number of carbonyl (C=O) groups excluding carboxylic acids is 2. The van der Waals surface area contributed by atoms with E-state index in [9.17, 15) is 14.0 Å². The Morgan fingerprint density at radius 3 is 2.82 bits per heavy atom. The van der Waals surface area contributed by atoms with Crippen molar-refractivity contribution in [1.29, 1.82) is 0 Å². The van der Waals surface area contributed by atoms with Gasteiger partial charge in [-0.05, 0) is 12.1 Å². The fourth-order valence-electron chi connectivity index (χ4n) is 2.53. The summed E-state index contributed by atoms with van der Waals surface area (Å²) in [6, 6.07) is 3.68. The van der Waals surface area contributed by atoms with Gasteiger partial charge in [0.05, 0.1) is 19.8 Å². The predicted molar refractivity (Wildman–Crippen MR) is 104 cm³/mol. The summed E-state index contributed by atoms with van der Waals surface area (Å²) in [5.74, 6) is -1.05. The summed E-state index contributed by atoms with van der Waals surface area (Å²) in [4.78, 5) is 31.9. The summed E-state index contributed by atoms with van der Waals surface area (Å²) in [6.07, 6.45) is 0. The molecule has 3 rings (SSSR count). The number of urea groups is 1. The van der Waals surface area contributed by atoms with Crippen LogP contribution in [0, 0.1) is 5.82 Å². The van der Waals surface area contributed by atoms with Gasteiger partial charge in [0.2, 0.25) is 0 Å². The van der Waals surface area contributed by atoms with Crippen molar-refractivity contribution in [3.05, 3.63) is 45.7 Å². The maximum atomic E-state index is 13.8. The van der Waals surface area contributed by atoms with Crippen LogP contribution in [0.4, 0.5) is 14.3 Å². The van der Waals surface area contributed by atoms with Crippen molar-refractivity contribution >= 4 is 40.0 Å². The molecule has 8 nitrogen and oxygen atoms in total. The van der Waals surface area contributed by atoms with Crippen molar-refractivity contribution in [2.24, 2.45) is 0 Å². The van der Waals surface area contributed by atoms with Gasteiger partial charge in [-0.15, -0.1) is 11.3 Å². The molecule has 1 saturated heterocycles. The zero-order valence-corrected chi connectivity index (χ0v) is 16.6. The Labute approximate surface area is 170 Å². The molecule has 0 aliphatic carbocycles. The normalized spacial score (nSPS) is 13.9. The standard InChI is InChI=1S/C17H19ClFN5O3S/c1-23(9-11-12(18)3-2-4-13(11)19)16(26)22-21-15(25)14-10-28-17(20-14)24-5-7-27-8-6-24/h2-4,10H,5-9H2,1H3,(H,21,25)(H,22,26). The van der Waals surface area contributed by atoms with E-state index < -0.39 is 17.8 Å². The first kappa shape index (κ1) is 20.3. The third-order valence-corrected chi connectivity index (χ3v) is 5.35. The van der Waals surface area contributed by atoms with Crippen LogP contribution in [0.15, 0.2) is 23.6 Å². The molecule has 1 aliphatic heterocycles. The van der Waals surface area contributed by atoms with E-state index in [1.807, 2.05) is 4.90 Å². The topological polar surface area (TPSA) is 86.8 Å². The van der Waals surface area contributed by atoms with Crippen molar-refractivity contribution < 1.29 is 18.7 Å². The minimum absolute atomic E-state index is 0.0505. The second-order valence-corrected chi connectivity index (χ2v) is 7.30. The molecule has 0 atom stereocenters. The minimum Gasteiger partial charge on any atom is -0.378 e. The van der Waals surface area contributed by atoms with Crippen molar-refractivity contribution in [3.8, 4) is 0 Å². The van der Waals surface area contributed by atoms with Crippen molar-refractivity contribution in [1.82, 2.24) is 20.7 Å². The molecule has 1 aliphatic rings. The first-order valence-corrected chi connectivity index (χ1v) is 9.74. The van der Waals surface area contributed by atoms with Crippen LogP contribution in [0.3, 0.4) is 0 Å². The lowest BCUT2D eigenvalue weighted by Gasteiger charge is -2.25. The SMILES string of the molecule is CN(Cc1c(F)cccc1Cl)C(=O)NNC(=O)c1csc(N2CCOCC2)n1. The number of aromatic nitrogens is 1. The molecule has 1 aromatic heterocycles. The Balaban J connectivity index is 1.52. The van der Waals surface area contributed by atoms with E-state index in [1.54, 1.807) is 11.4 Å². The number of thiazole rings is 1. The minimum atomic E-state index is -0.615. The molecule has 2 N–H and O–H groups in total. The van der Waals surface area contributed by atoms with Gasteiger partial charge in [0.25, 0.3) is 5.91 Å². The molecule has 2 heterocycles. The van der Waals surface area contributed by atoms with E-state index in [-0.39, 0.29) is 22.8 Å². The highest BCUT2D eigenvalue weighted by Crippen LogP contribution is 2.22. The lowest BCUT2D eigenvalue weighted by atomic mass is 10.2. The summed E-state index contributed by atoms with van der Waals surface area (Å²) >= 11 is 7.31. The molecule has 0 saturated carbocycles. The average molecular weight is 428 g/mol. The summed E-state index contributed by atoms with van der Waals surface area (Å²) < 4.78 is 19.1. The molecule has 2 aromatic rings. The van der Waals surface area contributed by atoms with Gasteiger partial charge in [0.15, 0.2) is 5.13 Å². The Hall–Kier alpha value is -2.43. The van der Waals surface area contributed by atoms with E-state index >= 15 is 0 Å². The number of hydrazine groups is 1. The first-order valence-electron chi connectivity index (χ1n) is 8.48. The Kier molecular flexibility index (Phi) is 6.65. The number of amides is 3. The molecular weight excluding hydrogens is 409 g/mol. The number of hydrogen-bond donors (Lipinski definition) is 2. The lowest BCUT2D eigenvalue weighted by Crippen LogP contribution is -2.47. The van der Waals surface area contributed by atoms with Crippen LogP contribution in [0.1, 0.15) is 16.1 Å². The number of halogens is 2. The lowest BCUT2D eigenvalue weighted by molar-refractivity contribution is 0.0926. The molecule has 1 fully saturated rings. The Morgan fingerprint density at radius 2 is 2.11 bits per heavy atom. The highest BCUT2D eigenvalue weighted by atomic mass is 35.5. The van der Waals surface area contributed by atoms with Crippen molar-refractivity contribution in [3.63, 3.8) is 0 Å².